The molecule has 1 atom stereocenters. The number of nitrogens with zero attached hydrogens (tertiary/aromatic N) is 3. The van der Waals surface area contributed by atoms with Crippen molar-refractivity contribution in [2.75, 3.05) is 6.54 Å². The summed E-state index contributed by atoms with van der Waals surface area (Å²) in [7, 11) is 0. The zero-order valence-corrected chi connectivity index (χ0v) is 14.2. The molecule has 2 aromatic heterocycles. The minimum Gasteiger partial charge on any atom is -0.330 e. The summed E-state index contributed by atoms with van der Waals surface area (Å²) in [6.07, 6.45) is 5.20. The summed E-state index contributed by atoms with van der Waals surface area (Å²) < 4.78 is 13.4. The van der Waals surface area contributed by atoms with E-state index in [-0.39, 0.29) is 17.8 Å². The van der Waals surface area contributed by atoms with Gasteiger partial charge in [0.15, 0.2) is 0 Å². The van der Waals surface area contributed by atoms with Crippen LogP contribution in [0, 0.1) is 5.82 Å². The molecule has 0 spiro atoms. The van der Waals surface area contributed by atoms with E-state index >= 15 is 0 Å². The third kappa shape index (κ3) is 3.20. The lowest BCUT2D eigenvalue weighted by atomic mass is 10.1. The van der Waals surface area contributed by atoms with Crippen LogP contribution < -0.4 is 0 Å². The van der Waals surface area contributed by atoms with Crippen LogP contribution in [0.25, 0.3) is 11.3 Å². The first-order valence-electron chi connectivity index (χ1n) is 8.66. The van der Waals surface area contributed by atoms with Gasteiger partial charge in [0.05, 0.1) is 23.0 Å². The minimum absolute atomic E-state index is 0.00611. The Hall–Kier alpha value is -3.08. The highest BCUT2D eigenvalue weighted by molar-refractivity contribution is 5.94. The van der Waals surface area contributed by atoms with Gasteiger partial charge in [0.1, 0.15) is 5.82 Å². The maximum absolute atomic E-state index is 13.4. The highest BCUT2D eigenvalue weighted by Crippen LogP contribution is 2.32. The van der Waals surface area contributed by atoms with Gasteiger partial charge in [-0.25, -0.2) is 4.39 Å². The molecule has 26 heavy (non-hydrogen) atoms. The topological polar surface area (TPSA) is 46.1 Å². The van der Waals surface area contributed by atoms with Crippen molar-refractivity contribution in [2.24, 2.45) is 0 Å². The van der Waals surface area contributed by atoms with Gasteiger partial charge in [-0.2, -0.15) is 0 Å². The van der Waals surface area contributed by atoms with Crippen LogP contribution in [0.4, 0.5) is 4.39 Å². The molecule has 1 fully saturated rings. The lowest BCUT2D eigenvalue weighted by Crippen LogP contribution is -2.31. The van der Waals surface area contributed by atoms with E-state index in [4.69, 9.17) is 0 Å². The Morgan fingerprint density at radius 2 is 2.00 bits per heavy atom. The Kier molecular flexibility index (Phi) is 4.44. The molecular weight excluding hydrogens is 329 g/mol. The summed E-state index contributed by atoms with van der Waals surface area (Å²) in [5.74, 6) is -0.351. The molecule has 5 heteroatoms. The molecule has 1 amide bonds. The first-order chi connectivity index (χ1) is 12.7. The number of amides is 1. The lowest BCUT2D eigenvalue weighted by molar-refractivity contribution is 0.0732. The third-order valence-electron chi connectivity index (χ3n) is 4.67. The van der Waals surface area contributed by atoms with E-state index in [0.717, 1.165) is 18.5 Å². The van der Waals surface area contributed by atoms with Crippen LogP contribution in [-0.2, 0) is 0 Å². The van der Waals surface area contributed by atoms with Gasteiger partial charge in [0.2, 0.25) is 0 Å². The monoisotopic (exact) mass is 347 g/mol. The first-order valence-corrected chi connectivity index (χ1v) is 8.66. The number of pyridine rings is 2. The zero-order chi connectivity index (χ0) is 17.9. The lowest BCUT2D eigenvalue weighted by Gasteiger charge is -2.24. The standard InChI is InChI=1S/C21H18FN3O/c22-17-6-3-5-15(13-17)18-10-9-16(14-24-18)21(26)25-12-4-8-20(25)19-7-1-2-11-23-19/h1-3,5-7,9-11,13-14,20H,4,8,12H2/t20-/m0/s1. The molecule has 3 heterocycles. The summed E-state index contributed by atoms with van der Waals surface area (Å²) in [4.78, 5) is 23.5. The molecule has 130 valence electrons. The van der Waals surface area contributed by atoms with Crippen molar-refractivity contribution < 1.29 is 9.18 Å². The third-order valence-corrected chi connectivity index (χ3v) is 4.67. The summed E-state index contributed by atoms with van der Waals surface area (Å²) >= 11 is 0. The number of carbonyl (C=O) groups is 1. The Bertz CT molecular complexity index is 912. The van der Waals surface area contributed by atoms with Gasteiger partial charge >= 0.3 is 0 Å². The number of hydrogen-bond donors (Lipinski definition) is 0. The van der Waals surface area contributed by atoms with Gasteiger partial charge in [-0.3, -0.25) is 14.8 Å². The number of likely N-dealkylation sites (tertiary alicyclic amines) is 1. The van der Waals surface area contributed by atoms with Crippen molar-refractivity contribution in [1.82, 2.24) is 14.9 Å². The molecule has 0 N–H and O–H groups in total. The van der Waals surface area contributed by atoms with E-state index in [1.165, 1.54) is 12.1 Å². The van der Waals surface area contributed by atoms with Crippen LogP contribution >= 0.6 is 0 Å². The second-order valence-corrected chi connectivity index (χ2v) is 6.35. The molecule has 4 nitrogen and oxygen atoms in total. The average Bonchev–Trinajstić information content (AvgIpc) is 3.18. The smallest absolute Gasteiger partial charge is 0.255 e. The summed E-state index contributed by atoms with van der Waals surface area (Å²) in [5, 5.41) is 0. The Balaban J connectivity index is 1.56. The number of benzene rings is 1. The predicted octanol–water partition coefficient (Wildman–Crippen LogP) is 4.26. The van der Waals surface area contributed by atoms with Gasteiger partial charge < -0.3 is 4.90 Å². The molecule has 1 aliphatic heterocycles. The van der Waals surface area contributed by atoms with E-state index in [1.807, 2.05) is 23.1 Å². The highest BCUT2D eigenvalue weighted by Gasteiger charge is 2.31. The molecular formula is C21H18FN3O. The number of hydrogen-bond acceptors (Lipinski definition) is 3. The maximum Gasteiger partial charge on any atom is 0.255 e. The predicted molar refractivity (Wildman–Crippen MR) is 96.9 cm³/mol. The van der Waals surface area contributed by atoms with Gasteiger partial charge in [0.25, 0.3) is 5.91 Å². The maximum atomic E-state index is 13.4. The van der Waals surface area contributed by atoms with Crippen LogP contribution in [0.15, 0.2) is 67.0 Å². The minimum atomic E-state index is -0.306. The molecule has 0 saturated carbocycles. The van der Waals surface area contributed by atoms with Crippen LogP contribution in [0.2, 0.25) is 0 Å². The van der Waals surface area contributed by atoms with E-state index in [9.17, 15) is 9.18 Å². The number of carbonyl (C=O) groups excluding carboxylic acids is 1. The first kappa shape index (κ1) is 16.4. The molecule has 0 radical (unpaired) electrons. The molecule has 1 aliphatic rings. The number of aromatic nitrogens is 2. The van der Waals surface area contributed by atoms with Crippen LogP contribution in [-0.4, -0.2) is 27.3 Å². The summed E-state index contributed by atoms with van der Waals surface area (Å²) in [6.45, 7) is 0.714. The molecule has 3 aromatic rings. The Morgan fingerprint density at radius 1 is 1.08 bits per heavy atom. The molecule has 1 aromatic carbocycles. The Labute approximate surface area is 151 Å². The van der Waals surface area contributed by atoms with E-state index in [0.29, 0.717) is 23.4 Å². The molecule has 0 bridgehead atoms. The Morgan fingerprint density at radius 3 is 2.73 bits per heavy atom. The quantitative estimate of drug-likeness (QED) is 0.711. The fourth-order valence-corrected chi connectivity index (χ4v) is 3.40. The van der Waals surface area contributed by atoms with Crippen molar-refractivity contribution >= 4 is 5.91 Å². The van der Waals surface area contributed by atoms with Crippen LogP contribution in [0.5, 0.6) is 0 Å². The molecule has 1 saturated heterocycles. The van der Waals surface area contributed by atoms with Crippen molar-refractivity contribution in [1.29, 1.82) is 0 Å². The highest BCUT2D eigenvalue weighted by atomic mass is 19.1. The van der Waals surface area contributed by atoms with Crippen molar-refractivity contribution in [3.05, 3.63) is 84.1 Å². The van der Waals surface area contributed by atoms with Gasteiger partial charge in [-0.1, -0.05) is 18.2 Å². The fraction of sp³-hybridized carbons (Fsp3) is 0.190. The second kappa shape index (κ2) is 7.04. The fourth-order valence-electron chi connectivity index (χ4n) is 3.40. The van der Waals surface area contributed by atoms with E-state index in [1.54, 1.807) is 36.7 Å². The summed E-state index contributed by atoms with van der Waals surface area (Å²) in [6, 6.07) is 15.6. The molecule has 0 unspecified atom stereocenters. The largest absolute Gasteiger partial charge is 0.330 e. The van der Waals surface area contributed by atoms with Gasteiger partial charge in [-0.15, -0.1) is 0 Å². The average molecular weight is 347 g/mol. The van der Waals surface area contributed by atoms with E-state index < -0.39 is 0 Å². The zero-order valence-electron chi connectivity index (χ0n) is 14.2. The SMILES string of the molecule is O=C(c1ccc(-c2cccc(F)c2)nc1)N1CCC[C@H]1c1ccccn1. The van der Waals surface area contributed by atoms with Crippen molar-refractivity contribution in [2.45, 2.75) is 18.9 Å². The van der Waals surface area contributed by atoms with Crippen molar-refractivity contribution in [3.63, 3.8) is 0 Å². The van der Waals surface area contributed by atoms with Crippen molar-refractivity contribution in [3.8, 4) is 11.3 Å². The van der Waals surface area contributed by atoms with Crippen LogP contribution in [0.1, 0.15) is 34.9 Å². The molecule has 4 rings (SSSR count). The van der Waals surface area contributed by atoms with Gasteiger partial charge in [0, 0.05) is 24.5 Å². The summed E-state index contributed by atoms with van der Waals surface area (Å²) in [5.41, 5.74) is 2.79. The second-order valence-electron chi connectivity index (χ2n) is 6.35. The number of halogens is 1. The number of rotatable bonds is 3. The molecule has 0 aliphatic carbocycles. The normalized spacial score (nSPS) is 16.7. The van der Waals surface area contributed by atoms with Gasteiger partial charge in [-0.05, 0) is 49.2 Å². The van der Waals surface area contributed by atoms with Crippen LogP contribution in [0.3, 0.4) is 0 Å². The van der Waals surface area contributed by atoms with E-state index in [2.05, 4.69) is 9.97 Å².